The fourth-order valence-electron chi connectivity index (χ4n) is 1.69. The summed E-state index contributed by atoms with van der Waals surface area (Å²) in [6.07, 6.45) is 0. The molecule has 0 spiro atoms. The van der Waals surface area contributed by atoms with Gasteiger partial charge in [-0.05, 0) is 33.2 Å². The summed E-state index contributed by atoms with van der Waals surface area (Å²) in [5.41, 5.74) is 5.18. The number of anilines is 1. The number of benzene rings is 1. The molecule has 0 radical (unpaired) electrons. The third-order valence-corrected chi connectivity index (χ3v) is 3.89. The highest BCUT2D eigenvalue weighted by atomic mass is 32.2. The lowest BCUT2D eigenvalue weighted by Crippen LogP contribution is -2.39. The zero-order valence-electron chi connectivity index (χ0n) is 10.9. The van der Waals surface area contributed by atoms with E-state index in [0.29, 0.717) is 6.54 Å². The Kier molecular flexibility index (Phi) is 4.83. The fraction of sp³-hybridized carbons (Fsp3) is 0.455. The number of halogens is 2. The van der Waals surface area contributed by atoms with Crippen LogP contribution < -0.4 is 10.5 Å². The van der Waals surface area contributed by atoms with E-state index in [0.717, 1.165) is 12.1 Å². The summed E-state index contributed by atoms with van der Waals surface area (Å²) in [7, 11) is -0.614. The van der Waals surface area contributed by atoms with Crippen LogP contribution in [0.15, 0.2) is 17.0 Å². The maximum Gasteiger partial charge on any atom is 0.243 e. The molecule has 1 unspecified atom stereocenters. The standard InChI is InChI=1S/C11H17F2N3O2S/c1-7(6-16(2)3)15-19(17,18)10-5-8(14)4-9(12)11(10)13/h4-5,7,15H,6,14H2,1-3H3. The van der Waals surface area contributed by atoms with Gasteiger partial charge in [0.15, 0.2) is 11.6 Å². The summed E-state index contributed by atoms with van der Waals surface area (Å²) in [6, 6.07) is 1.17. The van der Waals surface area contributed by atoms with Gasteiger partial charge in [0.1, 0.15) is 4.90 Å². The molecule has 108 valence electrons. The topological polar surface area (TPSA) is 75.4 Å². The van der Waals surface area contributed by atoms with Crippen LogP contribution in [-0.4, -0.2) is 40.0 Å². The van der Waals surface area contributed by atoms with E-state index in [1.165, 1.54) is 0 Å². The van der Waals surface area contributed by atoms with E-state index >= 15 is 0 Å². The van der Waals surface area contributed by atoms with Gasteiger partial charge in [-0.1, -0.05) is 0 Å². The largest absolute Gasteiger partial charge is 0.399 e. The van der Waals surface area contributed by atoms with Gasteiger partial charge in [0.05, 0.1) is 0 Å². The zero-order valence-corrected chi connectivity index (χ0v) is 11.8. The van der Waals surface area contributed by atoms with Crippen molar-refractivity contribution < 1.29 is 17.2 Å². The van der Waals surface area contributed by atoms with E-state index in [-0.39, 0.29) is 5.69 Å². The van der Waals surface area contributed by atoms with Gasteiger partial charge in [-0.2, -0.15) is 0 Å². The van der Waals surface area contributed by atoms with Crippen molar-refractivity contribution in [2.75, 3.05) is 26.4 Å². The second-order valence-corrected chi connectivity index (χ2v) is 6.28. The molecule has 0 heterocycles. The van der Waals surface area contributed by atoms with Crippen LogP contribution in [0.5, 0.6) is 0 Å². The molecule has 5 nitrogen and oxygen atoms in total. The van der Waals surface area contributed by atoms with Gasteiger partial charge in [-0.25, -0.2) is 21.9 Å². The van der Waals surface area contributed by atoms with E-state index in [1.807, 2.05) is 0 Å². The fourth-order valence-corrected chi connectivity index (χ4v) is 3.05. The molecule has 1 rings (SSSR count). The molecule has 0 amide bonds. The minimum Gasteiger partial charge on any atom is -0.399 e. The Balaban J connectivity index is 3.07. The molecule has 1 aromatic carbocycles. The maximum absolute atomic E-state index is 13.5. The molecule has 0 fully saturated rings. The number of nitrogens with one attached hydrogen (secondary N) is 1. The van der Waals surface area contributed by atoms with E-state index < -0.39 is 32.6 Å². The van der Waals surface area contributed by atoms with Gasteiger partial charge < -0.3 is 10.6 Å². The lowest BCUT2D eigenvalue weighted by molar-refractivity contribution is 0.370. The molecule has 0 saturated carbocycles. The quantitative estimate of drug-likeness (QED) is 0.787. The smallest absolute Gasteiger partial charge is 0.243 e. The first kappa shape index (κ1) is 15.8. The second-order valence-electron chi connectivity index (χ2n) is 4.60. The Bertz CT molecular complexity index is 561. The Morgan fingerprint density at radius 3 is 2.47 bits per heavy atom. The molecule has 0 aliphatic heterocycles. The number of hydrogen-bond donors (Lipinski definition) is 2. The molecule has 19 heavy (non-hydrogen) atoms. The highest BCUT2D eigenvalue weighted by Crippen LogP contribution is 2.21. The second kappa shape index (κ2) is 5.81. The Labute approximate surface area is 111 Å². The summed E-state index contributed by atoms with van der Waals surface area (Å²) in [5, 5.41) is 0. The molecular formula is C11H17F2N3O2S. The van der Waals surface area contributed by atoms with Crippen molar-refractivity contribution in [1.29, 1.82) is 0 Å². The van der Waals surface area contributed by atoms with Crippen LogP contribution in [0.2, 0.25) is 0 Å². The number of nitrogens with zero attached hydrogens (tertiary/aromatic N) is 1. The van der Waals surface area contributed by atoms with Gasteiger partial charge in [-0.15, -0.1) is 0 Å². The van der Waals surface area contributed by atoms with Crippen LogP contribution in [0.1, 0.15) is 6.92 Å². The van der Waals surface area contributed by atoms with E-state index in [9.17, 15) is 17.2 Å². The zero-order chi connectivity index (χ0) is 14.8. The van der Waals surface area contributed by atoms with Crippen LogP contribution in [0.3, 0.4) is 0 Å². The SMILES string of the molecule is CC(CN(C)C)NS(=O)(=O)c1cc(N)cc(F)c1F. The third-order valence-electron chi connectivity index (χ3n) is 2.30. The first-order valence-electron chi connectivity index (χ1n) is 5.55. The van der Waals surface area contributed by atoms with Gasteiger partial charge in [0.2, 0.25) is 10.0 Å². The monoisotopic (exact) mass is 293 g/mol. The molecular weight excluding hydrogens is 276 g/mol. The summed E-state index contributed by atoms with van der Waals surface area (Å²) in [5.74, 6) is -2.72. The van der Waals surface area contributed by atoms with Crippen molar-refractivity contribution in [3.8, 4) is 0 Å². The van der Waals surface area contributed by atoms with Crippen LogP contribution in [-0.2, 0) is 10.0 Å². The number of nitrogens with two attached hydrogens (primary N) is 1. The molecule has 1 atom stereocenters. The van der Waals surface area contributed by atoms with Crippen LogP contribution >= 0.6 is 0 Å². The van der Waals surface area contributed by atoms with Gasteiger partial charge in [0.25, 0.3) is 0 Å². The first-order valence-corrected chi connectivity index (χ1v) is 7.03. The maximum atomic E-state index is 13.5. The lowest BCUT2D eigenvalue weighted by atomic mass is 10.3. The van der Waals surface area contributed by atoms with Crippen LogP contribution in [0, 0.1) is 11.6 Å². The summed E-state index contributed by atoms with van der Waals surface area (Å²) >= 11 is 0. The first-order chi connectivity index (χ1) is 8.63. The van der Waals surface area contributed by atoms with E-state index in [4.69, 9.17) is 5.73 Å². The molecule has 0 aliphatic rings. The highest BCUT2D eigenvalue weighted by Gasteiger charge is 2.24. The molecule has 8 heteroatoms. The Hall–Kier alpha value is -1.25. The predicted molar refractivity (Wildman–Crippen MR) is 69.1 cm³/mol. The van der Waals surface area contributed by atoms with E-state index in [2.05, 4.69) is 4.72 Å². The molecule has 3 N–H and O–H groups in total. The molecule has 1 aromatic rings. The molecule has 0 saturated heterocycles. The minimum absolute atomic E-state index is 0.153. The van der Waals surface area contributed by atoms with Crippen LogP contribution in [0.25, 0.3) is 0 Å². The normalized spacial score (nSPS) is 13.8. The highest BCUT2D eigenvalue weighted by molar-refractivity contribution is 7.89. The number of nitrogen functional groups attached to an aromatic ring is 1. The molecule has 0 aliphatic carbocycles. The van der Waals surface area contributed by atoms with Crippen molar-refractivity contribution in [3.63, 3.8) is 0 Å². The molecule has 0 bridgehead atoms. The van der Waals surface area contributed by atoms with Crippen LogP contribution in [0.4, 0.5) is 14.5 Å². The lowest BCUT2D eigenvalue weighted by Gasteiger charge is -2.18. The van der Waals surface area contributed by atoms with Gasteiger partial charge in [0, 0.05) is 18.3 Å². The predicted octanol–water partition coefficient (Wildman–Crippen LogP) is 0.775. The Morgan fingerprint density at radius 1 is 1.37 bits per heavy atom. The summed E-state index contributed by atoms with van der Waals surface area (Å²) < 4.78 is 52.9. The average molecular weight is 293 g/mol. The number of hydrogen-bond acceptors (Lipinski definition) is 4. The van der Waals surface area contributed by atoms with Crippen molar-refractivity contribution in [2.24, 2.45) is 0 Å². The Morgan fingerprint density at radius 2 is 1.95 bits per heavy atom. The third kappa shape index (κ3) is 4.12. The molecule has 0 aromatic heterocycles. The number of rotatable bonds is 5. The summed E-state index contributed by atoms with van der Waals surface area (Å²) in [4.78, 5) is 0.985. The van der Waals surface area contributed by atoms with E-state index in [1.54, 1.807) is 25.9 Å². The van der Waals surface area contributed by atoms with Gasteiger partial charge >= 0.3 is 0 Å². The summed E-state index contributed by atoms with van der Waals surface area (Å²) in [6.45, 7) is 2.05. The van der Waals surface area contributed by atoms with Crippen molar-refractivity contribution in [3.05, 3.63) is 23.8 Å². The van der Waals surface area contributed by atoms with Crippen molar-refractivity contribution >= 4 is 15.7 Å². The average Bonchev–Trinajstić information content (AvgIpc) is 2.20. The van der Waals surface area contributed by atoms with Crippen molar-refractivity contribution in [2.45, 2.75) is 17.9 Å². The minimum atomic E-state index is -4.15. The van der Waals surface area contributed by atoms with Gasteiger partial charge in [-0.3, -0.25) is 0 Å². The number of likely N-dealkylation sites (N-methyl/N-ethyl adjacent to an activating group) is 1. The van der Waals surface area contributed by atoms with Crippen molar-refractivity contribution in [1.82, 2.24) is 9.62 Å². The number of sulfonamides is 1.